The lowest BCUT2D eigenvalue weighted by Crippen LogP contribution is -2.50. The topological polar surface area (TPSA) is 66.6 Å². The summed E-state index contributed by atoms with van der Waals surface area (Å²) in [5.41, 5.74) is 7.66. The standard InChI is InChI=1S/C17H23N3O2/c1-12(19-9-6-14(7-10-19)16(18)21)17(22)20-11-8-13-4-2-3-5-15(13)20/h2-5,12,14H,6-11H2,1H3,(H2,18,21). The van der Waals surface area contributed by atoms with Gasteiger partial charge in [-0.25, -0.2) is 0 Å². The second kappa shape index (κ2) is 6.08. The van der Waals surface area contributed by atoms with Gasteiger partial charge < -0.3 is 10.6 Å². The molecule has 22 heavy (non-hydrogen) atoms. The van der Waals surface area contributed by atoms with E-state index in [0.717, 1.165) is 44.6 Å². The summed E-state index contributed by atoms with van der Waals surface area (Å²) in [4.78, 5) is 28.1. The van der Waals surface area contributed by atoms with Crippen molar-refractivity contribution in [1.82, 2.24) is 4.90 Å². The molecule has 1 fully saturated rings. The summed E-state index contributed by atoms with van der Waals surface area (Å²) in [5, 5.41) is 0. The van der Waals surface area contributed by atoms with Crippen LogP contribution in [-0.4, -0.2) is 42.4 Å². The number of carbonyl (C=O) groups excluding carboxylic acids is 2. The molecule has 0 bridgehead atoms. The summed E-state index contributed by atoms with van der Waals surface area (Å²) in [6.07, 6.45) is 2.44. The minimum atomic E-state index is -0.216. The molecule has 2 amide bonds. The zero-order valence-corrected chi connectivity index (χ0v) is 13.0. The van der Waals surface area contributed by atoms with Crippen LogP contribution in [0.15, 0.2) is 24.3 Å². The third-order valence-electron chi connectivity index (χ3n) is 4.99. The van der Waals surface area contributed by atoms with Crippen LogP contribution in [-0.2, 0) is 16.0 Å². The number of anilines is 1. The molecule has 1 atom stereocenters. The predicted octanol–water partition coefficient (Wildman–Crippen LogP) is 1.16. The Hall–Kier alpha value is -1.88. The average Bonchev–Trinajstić information content (AvgIpc) is 2.97. The minimum Gasteiger partial charge on any atom is -0.369 e. The Morgan fingerprint density at radius 2 is 1.86 bits per heavy atom. The average molecular weight is 301 g/mol. The van der Waals surface area contributed by atoms with Crippen LogP contribution in [0.2, 0.25) is 0 Å². The van der Waals surface area contributed by atoms with Crippen molar-refractivity contribution in [2.45, 2.75) is 32.2 Å². The molecule has 118 valence electrons. The van der Waals surface area contributed by atoms with Gasteiger partial charge in [-0.15, -0.1) is 0 Å². The summed E-state index contributed by atoms with van der Waals surface area (Å²) >= 11 is 0. The molecule has 3 rings (SSSR count). The maximum absolute atomic E-state index is 12.8. The number of hydrogen-bond donors (Lipinski definition) is 1. The van der Waals surface area contributed by atoms with Crippen molar-refractivity contribution in [2.24, 2.45) is 11.7 Å². The highest BCUT2D eigenvalue weighted by molar-refractivity contribution is 5.98. The van der Waals surface area contributed by atoms with Crippen molar-refractivity contribution < 1.29 is 9.59 Å². The van der Waals surface area contributed by atoms with Crippen molar-refractivity contribution in [3.05, 3.63) is 29.8 Å². The quantitative estimate of drug-likeness (QED) is 0.911. The highest BCUT2D eigenvalue weighted by atomic mass is 16.2. The summed E-state index contributed by atoms with van der Waals surface area (Å²) in [6.45, 7) is 4.25. The van der Waals surface area contributed by atoms with E-state index in [1.54, 1.807) is 0 Å². The Labute approximate surface area is 131 Å². The van der Waals surface area contributed by atoms with Crippen LogP contribution in [0.3, 0.4) is 0 Å². The second-order valence-corrected chi connectivity index (χ2v) is 6.26. The molecule has 5 nitrogen and oxygen atoms in total. The van der Waals surface area contributed by atoms with Crippen LogP contribution in [0.5, 0.6) is 0 Å². The molecule has 0 aliphatic carbocycles. The van der Waals surface area contributed by atoms with Gasteiger partial charge in [0.25, 0.3) is 0 Å². The van der Waals surface area contributed by atoms with Crippen molar-refractivity contribution in [1.29, 1.82) is 0 Å². The van der Waals surface area contributed by atoms with Gasteiger partial charge in [0, 0.05) is 18.2 Å². The van der Waals surface area contributed by atoms with E-state index >= 15 is 0 Å². The van der Waals surface area contributed by atoms with Crippen LogP contribution in [0.4, 0.5) is 5.69 Å². The van der Waals surface area contributed by atoms with Gasteiger partial charge in [0.05, 0.1) is 6.04 Å². The SMILES string of the molecule is CC(C(=O)N1CCc2ccccc21)N1CCC(C(N)=O)CC1. The van der Waals surface area contributed by atoms with Crippen LogP contribution in [0.1, 0.15) is 25.3 Å². The number of para-hydroxylation sites is 1. The van der Waals surface area contributed by atoms with Gasteiger partial charge in [0.2, 0.25) is 11.8 Å². The fraction of sp³-hybridized carbons (Fsp3) is 0.529. The number of amides is 2. The Kier molecular flexibility index (Phi) is 4.16. The van der Waals surface area contributed by atoms with E-state index in [0.29, 0.717) is 0 Å². The lowest BCUT2D eigenvalue weighted by Gasteiger charge is -2.35. The van der Waals surface area contributed by atoms with Crippen molar-refractivity contribution in [2.75, 3.05) is 24.5 Å². The molecule has 0 radical (unpaired) electrons. The van der Waals surface area contributed by atoms with Crippen molar-refractivity contribution in [3.8, 4) is 0 Å². The number of nitrogens with two attached hydrogens (primary N) is 1. The van der Waals surface area contributed by atoms with Gasteiger partial charge in [0.15, 0.2) is 0 Å². The monoisotopic (exact) mass is 301 g/mol. The maximum Gasteiger partial charge on any atom is 0.244 e. The lowest BCUT2D eigenvalue weighted by molar-refractivity contribution is -0.125. The molecule has 2 N–H and O–H groups in total. The van der Waals surface area contributed by atoms with E-state index in [-0.39, 0.29) is 23.8 Å². The third kappa shape index (κ3) is 2.73. The van der Waals surface area contributed by atoms with Crippen molar-refractivity contribution in [3.63, 3.8) is 0 Å². The summed E-state index contributed by atoms with van der Waals surface area (Å²) < 4.78 is 0. The number of hydrogen-bond acceptors (Lipinski definition) is 3. The largest absolute Gasteiger partial charge is 0.369 e. The Morgan fingerprint density at radius 1 is 1.18 bits per heavy atom. The number of likely N-dealkylation sites (tertiary alicyclic amines) is 1. The van der Waals surface area contributed by atoms with Gasteiger partial charge in [0.1, 0.15) is 0 Å². The van der Waals surface area contributed by atoms with Crippen molar-refractivity contribution >= 4 is 17.5 Å². The van der Waals surface area contributed by atoms with Gasteiger partial charge in [-0.2, -0.15) is 0 Å². The minimum absolute atomic E-state index is 0.0361. The van der Waals surface area contributed by atoms with Gasteiger partial charge in [-0.3, -0.25) is 14.5 Å². The molecular formula is C17H23N3O2. The van der Waals surface area contributed by atoms with E-state index in [4.69, 9.17) is 5.73 Å². The number of primary amides is 1. The molecule has 0 spiro atoms. The number of carbonyl (C=O) groups is 2. The fourth-order valence-corrected chi connectivity index (χ4v) is 3.52. The van der Waals surface area contributed by atoms with Crippen LogP contribution in [0.25, 0.3) is 0 Å². The normalized spacial score (nSPS) is 20.7. The van der Waals surface area contributed by atoms with Crippen LogP contribution in [0, 0.1) is 5.92 Å². The Bertz CT molecular complexity index is 579. The zero-order chi connectivity index (χ0) is 15.7. The summed E-state index contributed by atoms with van der Waals surface area (Å²) in [5.74, 6) is -0.0966. The first-order chi connectivity index (χ1) is 10.6. The maximum atomic E-state index is 12.8. The summed E-state index contributed by atoms with van der Waals surface area (Å²) in [6, 6.07) is 7.95. The zero-order valence-electron chi connectivity index (χ0n) is 13.0. The molecule has 0 saturated carbocycles. The molecule has 1 saturated heterocycles. The summed E-state index contributed by atoms with van der Waals surface area (Å²) in [7, 11) is 0. The predicted molar refractivity (Wildman–Crippen MR) is 85.5 cm³/mol. The fourth-order valence-electron chi connectivity index (χ4n) is 3.52. The first kappa shape index (κ1) is 15.0. The highest BCUT2D eigenvalue weighted by Crippen LogP contribution is 2.29. The third-order valence-corrected chi connectivity index (χ3v) is 4.99. The number of nitrogens with zero attached hydrogens (tertiary/aromatic N) is 2. The van der Waals surface area contributed by atoms with E-state index in [9.17, 15) is 9.59 Å². The Balaban J connectivity index is 1.65. The van der Waals surface area contributed by atoms with Gasteiger partial charge >= 0.3 is 0 Å². The molecule has 1 aromatic carbocycles. The second-order valence-electron chi connectivity index (χ2n) is 6.26. The molecule has 2 aliphatic heterocycles. The molecule has 1 aromatic rings. The molecule has 5 heteroatoms. The van der Waals surface area contributed by atoms with E-state index in [2.05, 4.69) is 11.0 Å². The molecule has 2 aliphatic rings. The molecule has 0 aromatic heterocycles. The number of fused-ring (bicyclic) bond motifs is 1. The first-order valence-corrected chi connectivity index (χ1v) is 8.00. The number of rotatable bonds is 3. The molecule has 2 heterocycles. The number of benzene rings is 1. The van der Waals surface area contributed by atoms with Gasteiger partial charge in [-0.1, -0.05) is 18.2 Å². The van der Waals surface area contributed by atoms with Crippen LogP contribution >= 0.6 is 0 Å². The molecule has 1 unspecified atom stereocenters. The first-order valence-electron chi connectivity index (χ1n) is 8.00. The van der Waals surface area contributed by atoms with Gasteiger partial charge in [-0.05, 0) is 50.9 Å². The molecular weight excluding hydrogens is 278 g/mol. The number of piperidine rings is 1. The smallest absolute Gasteiger partial charge is 0.244 e. The van der Waals surface area contributed by atoms with E-state index in [1.807, 2.05) is 30.0 Å². The van der Waals surface area contributed by atoms with E-state index in [1.165, 1.54) is 5.56 Å². The highest BCUT2D eigenvalue weighted by Gasteiger charge is 2.33. The van der Waals surface area contributed by atoms with E-state index < -0.39 is 0 Å². The van der Waals surface area contributed by atoms with Crippen LogP contribution < -0.4 is 10.6 Å². The lowest BCUT2D eigenvalue weighted by atomic mass is 9.95. The Morgan fingerprint density at radius 3 is 2.55 bits per heavy atom.